The van der Waals surface area contributed by atoms with Crippen molar-refractivity contribution in [1.82, 2.24) is 19.3 Å². The van der Waals surface area contributed by atoms with E-state index in [-0.39, 0.29) is 25.6 Å². The van der Waals surface area contributed by atoms with Crippen molar-refractivity contribution in [2.45, 2.75) is 33.9 Å². The van der Waals surface area contributed by atoms with Gasteiger partial charge in [0.2, 0.25) is 0 Å². The second-order valence-corrected chi connectivity index (χ2v) is 10.9. The Kier molecular flexibility index (Phi) is 8.59. The molecule has 0 bridgehead atoms. The van der Waals surface area contributed by atoms with Crippen molar-refractivity contribution in [3.05, 3.63) is 116 Å². The minimum atomic E-state index is -0.761. The molecule has 0 saturated carbocycles. The molecule has 0 aliphatic heterocycles. The van der Waals surface area contributed by atoms with Gasteiger partial charge in [-0.2, -0.15) is 5.16 Å². The third-order valence-corrected chi connectivity index (χ3v) is 8.47. The maximum absolute atomic E-state index is 13.8. The fourth-order valence-electron chi connectivity index (χ4n) is 4.96. The molecule has 0 fully saturated rings. The number of carbonyl (C=O) groups excluding carboxylic acids is 1. The van der Waals surface area contributed by atoms with Crippen molar-refractivity contribution in [2.24, 2.45) is 0 Å². The van der Waals surface area contributed by atoms with Crippen molar-refractivity contribution < 1.29 is 19.2 Å². The van der Waals surface area contributed by atoms with Crippen LogP contribution in [0.15, 0.2) is 93.0 Å². The Labute approximate surface area is 256 Å². The van der Waals surface area contributed by atoms with E-state index in [0.29, 0.717) is 33.5 Å². The molecule has 0 unspecified atom stereocenters. The van der Waals surface area contributed by atoms with Crippen molar-refractivity contribution in [3.8, 4) is 34.3 Å². The zero-order chi connectivity index (χ0) is 30.1. The fourth-order valence-corrected chi connectivity index (χ4v) is 6.03. The van der Waals surface area contributed by atoms with Crippen LogP contribution in [0, 0.1) is 0 Å². The van der Waals surface area contributed by atoms with Crippen LogP contribution < -0.4 is 21.1 Å². The zero-order valence-electron chi connectivity index (χ0n) is 23.3. The Morgan fingerprint density at radius 1 is 0.977 bits per heavy atom. The van der Waals surface area contributed by atoms with E-state index in [1.165, 1.54) is 18.4 Å². The third-order valence-electron chi connectivity index (χ3n) is 7.17. The van der Waals surface area contributed by atoms with Crippen LogP contribution in [0.3, 0.4) is 0 Å². The molecule has 0 saturated heterocycles. The summed E-state index contributed by atoms with van der Waals surface area (Å²) in [6, 6.07) is 23.4. The van der Waals surface area contributed by atoms with Crippen molar-refractivity contribution >= 4 is 27.3 Å². The summed E-state index contributed by atoms with van der Waals surface area (Å²) in [6.07, 6.45) is -0.0545. The van der Waals surface area contributed by atoms with Crippen LogP contribution >= 0.6 is 11.3 Å². The lowest BCUT2D eigenvalue weighted by Gasteiger charge is -2.13. The number of aryl methyl sites for hydroxylation is 1. The predicted octanol–water partition coefficient (Wildman–Crippen LogP) is 5.15. The minimum absolute atomic E-state index is 0. The molecule has 0 atom stereocenters. The van der Waals surface area contributed by atoms with Gasteiger partial charge in [-0.3, -0.25) is 18.7 Å². The van der Waals surface area contributed by atoms with E-state index >= 15 is 0 Å². The predicted molar refractivity (Wildman–Crippen MR) is 167 cm³/mol. The molecular weight excluding hydrogens is 580 g/mol. The third kappa shape index (κ3) is 5.69. The first-order valence-corrected chi connectivity index (χ1v) is 14.3. The molecule has 6 rings (SSSR count). The van der Waals surface area contributed by atoms with Gasteiger partial charge in [-0.1, -0.05) is 75.0 Å². The summed E-state index contributed by atoms with van der Waals surface area (Å²) in [5.74, 6) is 0.340. The number of hydrogen-bond donors (Lipinski definition) is 0. The Balaban J connectivity index is 0.00000384. The zero-order valence-corrected chi connectivity index (χ0v) is 24.1. The second kappa shape index (κ2) is 12.5. The van der Waals surface area contributed by atoms with Crippen molar-refractivity contribution in [3.63, 3.8) is 0 Å². The topological polar surface area (TPSA) is 132 Å². The monoisotopic (exact) mass is 609 g/mol. The Bertz CT molecular complexity index is 2090. The van der Waals surface area contributed by atoms with E-state index in [0.717, 1.165) is 26.1 Å². The van der Waals surface area contributed by atoms with Gasteiger partial charge in [-0.05, 0) is 41.3 Å². The molecule has 0 radical (unpaired) electrons. The number of rotatable bonds is 9. The lowest BCUT2D eigenvalue weighted by atomic mass is 9.98. The standard InChI is InChI=1S/C32H26N4O6S.CH4/c1-3-23-16-26-29(38)35(18-27(37)21-7-6-8-22(15-21)41-2)32(40)36(30(26)43-23)17-19-11-13-20(14-12-19)24-9-4-5-10-25(24)28-33-31(39)42-34-28;/h4-16H,3,17-18H2,1-2H3,(H,33,34,39);1H4/p-1. The summed E-state index contributed by atoms with van der Waals surface area (Å²) >= 11 is 1.40. The van der Waals surface area contributed by atoms with Gasteiger partial charge in [-0.15, -0.1) is 11.3 Å². The first-order chi connectivity index (χ1) is 20.9. The molecule has 0 spiro atoms. The molecule has 0 aliphatic rings. The average Bonchev–Trinajstić information content (AvgIpc) is 3.68. The molecule has 0 amide bonds. The molecule has 44 heavy (non-hydrogen) atoms. The van der Waals surface area contributed by atoms with Gasteiger partial charge >= 0.3 is 5.69 Å². The van der Waals surface area contributed by atoms with Gasteiger partial charge in [0.25, 0.3) is 5.56 Å². The van der Waals surface area contributed by atoms with E-state index < -0.39 is 23.9 Å². The number of Topliss-reactive ketones (excluding diaryl/α,β-unsaturated/α-hetero) is 1. The minimum Gasteiger partial charge on any atom is -0.528 e. The number of hydrogen-bond acceptors (Lipinski definition) is 9. The maximum atomic E-state index is 13.8. The molecular formula is C33H29N4O6S-. The summed E-state index contributed by atoms with van der Waals surface area (Å²) < 4.78 is 12.4. The molecule has 3 aromatic heterocycles. The SMILES string of the molecule is C.CCc1cc2c(=O)n(CC(=O)c3cccc(OC)c3)c(=O)n(Cc3ccc(-c4ccccc4-c4noc([O-])n4)cc3)c2s1. The smallest absolute Gasteiger partial charge is 0.332 e. The number of carbonyl (C=O) groups is 1. The van der Waals surface area contributed by atoms with Gasteiger partial charge in [-0.25, -0.2) is 9.78 Å². The normalized spacial score (nSPS) is 11.0. The van der Waals surface area contributed by atoms with Gasteiger partial charge in [0.05, 0.1) is 25.6 Å². The van der Waals surface area contributed by atoms with Gasteiger partial charge < -0.3 is 14.4 Å². The summed E-state index contributed by atoms with van der Waals surface area (Å²) in [7, 11) is 1.51. The molecule has 0 N–H and O–H groups in total. The number of thiophene rings is 1. The number of benzene rings is 3. The van der Waals surface area contributed by atoms with E-state index in [1.54, 1.807) is 34.9 Å². The Morgan fingerprint density at radius 3 is 2.41 bits per heavy atom. The average molecular weight is 610 g/mol. The van der Waals surface area contributed by atoms with Gasteiger partial charge in [0, 0.05) is 16.0 Å². The van der Waals surface area contributed by atoms with Crippen molar-refractivity contribution in [2.75, 3.05) is 7.11 Å². The van der Waals surface area contributed by atoms with Gasteiger partial charge in [0.1, 0.15) is 10.6 Å². The number of methoxy groups -OCH3 is 1. The Morgan fingerprint density at radius 2 is 1.73 bits per heavy atom. The molecule has 224 valence electrons. The Hall–Kier alpha value is -5.29. The highest BCUT2D eigenvalue weighted by Gasteiger charge is 2.19. The first kappa shape index (κ1) is 30.2. The summed E-state index contributed by atoms with van der Waals surface area (Å²) in [5.41, 5.74) is 2.44. The number of nitrogens with zero attached hydrogens (tertiary/aromatic N) is 4. The van der Waals surface area contributed by atoms with E-state index in [2.05, 4.69) is 14.7 Å². The van der Waals surface area contributed by atoms with Crippen LogP contribution in [0.25, 0.3) is 32.7 Å². The van der Waals surface area contributed by atoms with E-state index in [9.17, 15) is 19.5 Å². The highest BCUT2D eigenvalue weighted by molar-refractivity contribution is 7.18. The van der Waals surface area contributed by atoms with Crippen LogP contribution in [-0.4, -0.2) is 32.2 Å². The summed E-state index contributed by atoms with van der Waals surface area (Å²) in [4.78, 5) is 45.8. The fraction of sp³-hybridized carbons (Fsp3) is 0.182. The highest BCUT2D eigenvalue weighted by atomic mass is 32.1. The van der Waals surface area contributed by atoms with Crippen LogP contribution in [0.1, 0.15) is 35.1 Å². The largest absolute Gasteiger partial charge is 0.528 e. The number of fused-ring (bicyclic) bond motifs is 1. The van der Waals surface area contributed by atoms with Crippen LogP contribution in [0.2, 0.25) is 0 Å². The van der Waals surface area contributed by atoms with E-state index in [1.807, 2.05) is 55.5 Å². The van der Waals surface area contributed by atoms with Crippen LogP contribution in [-0.2, 0) is 19.5 Å². The quantitative estimate of drug-likeness (QED) is 0.206. The molecule has 3 heterocycles. The molecule has 6 aromatic rings. The first-order valence-electron chi connectivity index (χ1n) is 13.5. The molecule has 10 nitrogen and oxygen atoms in total. The molecule has 3 aromatic carbocycles. The van der Waals surface area contributed by atoms with Gasteiger partial charge in [0.15, 0.2) is 17.7 Å². The molecule has 11 heteroatoms. The summed E-state index contributed by atoms with van der Waals surface area (Å²) in [6.45, 7) is 1.79. The lowest BCUT2D eigenvalue weighted by molar-refractivity contribution is -0.303. The molecule has 0 aliphatic carbocycles. The van der Waals surface area contributed by atoms with E-state index in [4.69, 9.17) is 4.74 Å². The van der Waals surface area contributed by atoms with Crippen LogP contribution in [0.4, 0.5) is 0 Å². The maximum Gasteiger partial charge on any atom is 0.332 e. The number of ether oxygens (including phenoxy) is 1. The second-order valence-electron chi connectivity index (χ2n) is 9.83. The summed E-state index contributed by atoms with van der Waals surface area (Å²) in [5, 5.41) is 15.6. The highest BCUT2D eigenvalue weighted by Crippen LogP contribution is 2.31. The number of ketones is 1. The van der Waals surface area contributed by atoms with Crippen molar-refractivity contribution in [1.29, 1.82) is 0 Å². The lowest BCUT2D eigenvalue weighted by Crippen LogP contribution is -2.41. The van der Waals surface area contributed by atoms with Crippen LogP contribution in [0.5, 0.6) is 11.8 Å². The number of aromatic nitrogens is 4.